The Labute approximate surface area is 175 Å². The monoisotopic (exact) mass is 413 g/mol. The number of rotatable bonds is 3. The number of likely N-dealkylation sites (tertiary alicyclic amines) is 1. The number of pyridine rings is 1. The molecule has 2 saturated heterocycles. The van der Waals surface area contributed by atoms with Crippen LogP contribution in [0.2, 0.25) is 0 Å². The van der Waals surface area contributed by atoms with E-state index in [4.69, 9.17) is 9.47 Å². The fourth-order valence-electron chi connectivity index (χ4n) is 4.71. The van der Waals surface area contributed by atoms with E-state index < -0.39 is 0 Å². The van der Waals surface area contributed by atoms with E-state index in [-0.39, 0.29) is 17.6 Å². The van der Waals surface area contributed by atoms with Crippen LogP contribution in [0.15, 0.2) is 30.6 Å². The summed E-state index contributed by atoms with van der Waals surface area (Å²) in [6, 6.07) is 5.89. The molecule has 2 aromatic heterocycles. The second-order valence-electron chi connectivity index (χ2n) is 8.08. The number of piperidine rings is 2. The van der Waals surface area contributed by atoms with Gasteiger partial charge in [-0.3, -0.25) is 9.78 Å². The molecule has 0 radical (unpaired) electrons. The molecule has 1 spiro atoms. The summed E-state index contributed by atoms with van der Waals surface area (Å²) in [4.78, 5) is 21.4. The molecule has 7 heteroatoms. The van der Waals surface area contributed by atoms with E-state index in [1.807, 2.05) is 17.0 Å². The third-order valence-corrected chi connectivity index (χ3v) is 7.49. The zero-order valence-corrected chi connectivity index (χ0v) is 17.4. The summed E-state index contributed by atoms with van der Waals surface area (Å²) in [7, 11) is 0. The highest BCUT2D eigenvalue weighted by atomic mass is 32.1. The lowest BCUT2D eigenvalue weighted by atomic mass is 9.83. The fourth-order valence-corrected chi connectivity index (χ4v) is 5.91. The van der Waals surface area contributed by atoms with Gasteiger partial charge in [0.1, 0.15) is 11.9 Å². The first-order valence-electron chi connectivity index (χ1n) is 10.6. The number of nitrogens with one attached hydrogen (secondary N) is 1. The lowest BCUT2D eigenvalue weighted by Gasteiger charge is -2.40. The van der Waals surface area contributed by atoms with Gasteiger partial charge in [-0.2, -0.15) is 0 Å². The number of carbonyl (C=O) groups excluding carboxylic acids is 1. The van der Waals surface area contributed by atoms with Crippen molar-refractivity contribution < 1.29 is 14.3 Å². The van der Waals surface area contributed by atoms with E-state index in [9.17, 15) is 4.79 Å². The number of ether oxygens (including phenoxy) is 2. The maximum atomic E-state index is 13.2. The Kier molecular flexibility index (Phi) is 5.28. The molecule has 0 aromatic carbocycles. The molecular formula is C22H27N3O3S. The van der Waals surface area contributed by atoms with Crippen molar-refractivity contribution in [3.63, 3.8) is 0 Å². The van der Waals surface area contributed by atoms with E-state index in [1.54, 1.807) is 23.7 Å². The Bertz CT molecular complexity index is 855. The van der Waals surface area contributed by atoms with E-state index >= 15 is 0 Å². The maximum Gasteiger partial charge on any atom is 0.263 e. The quantitative estimate of drug-likeness (QED) is 0.838. The smallest absolute Gasteiger partial charge is 0.263 e. The molecule has 6 nitrogen and oxygen atoms in total. The Hall–Kier alpha value is -1.96. The lowest BCUT2D eigenvalue weighted by molar-refractivity contribution is -0.0792. The van der Waals surface area contributed by atoms with Crippen LogP contribution in [-0.2, 0) is 16.8 Å². The van der Waals surface area contributed by atoms with Crippen molar-refractivity contribution in [3.05, 3.63) is 45.9 Å². The minimum absolute atomic E-state index is 0.157. The van der Waals surface area contributed by atoms with Crippen molar-refractivity contribution in [2.45, 2.75) is 43.8 Å². The van der Waals surface area contributed by atoms with Crippen LogP contribution in [0.25, 0.3) is 0 Å². The van der Waals surface area contributed by atoms with Gasteiger partial charge in [-0.1, -0.05) is 0 Å². The molecule has 0 unspecified atom stereocenters. The minimum atomic E-state index is -0.181. The zero-order valence-electron chi connectivity index (χ0n) is 16.6. The van der Waals surface area contributed by atoms with Gasteiger partial charge in [0.15, 0.2) is 0 Å². The average Bonchev–Trinajstić information content (AvgIpc) is 3.21. The number of nitrogens with zero attached hydrogens (tertiary/aromatic N) is 2. The van der Waals surface area contributed by atoms with E-state index in [0.29, 0.717) is 0 Å². The largest absolute Gasteiger partial charge is 0.490 e. The molecule has 5 rings (SSSR count). The number of hydrogen-bond donors (Lipinski definition) is 1. The molecule has 0 aliphatic carbocycles. The maximum absolute atomic E-state index is 13.2. The molecule has 3 aliphatic heterocycles. The molecule has 0 bridgehead atoms. The Balaban J connectivity index is 1.25. The second-order valence-corrected chi connectivity index (χ2v) is 9.22. The number of aromatic nitrogens is 1. The third-order valence-electron chi connectivity index (χ3n) is 6.31. The van der Waals surface area contributed by atoms with Gasteiger partial charge in [0.05, 0.1) is 17.1 Å². The highest BCUT2D eigenvalue weighted by molar-refractivity contribution is 7.14. The van der Waals surface area contributed by atoms with Crippen LogP contribution in [0.4, 0.5) is 0 Å². The van der Waals surface area contributed by atoms with E-state index in [1.165, 1.54) is 10.4 Å². The van der Waals surface area contributed by atoms with Crippen molar-refractivity contribution in [1.82, 2.24) is 15.2 Å². The Morgan fingerprint density at radius 2 is 2.00 bits per heavy atom. The van der Waals surface area contributed by atoms with Gasteiger partial charge in [-0.15, -0.1) is 11.3 Å². The van der Waals surface area contributed by atoms with Gasteiger partial charge >= 0.3 is 0 Å². The van der Waals surface area contributed by atoms with Crippen LogP contribution in [0.5, 0.6) is 5.75 Å². The molecule has 1 N–H and O–H groups in total. The predicted octanol–water partition coefficient (Wildman–Crippen LogP) is 2.98. The van der Waals surface area contributed by atoms with Gasteiger partial charge in [0.25, 0.3) is 5.91 Å². The number of amides is 1. The molecule has 154 valence electrons. The Morgan fingerprint density at radius 1 is 1.24 bits per heavy atom. The third kappa shape index (κ3) is 3.79. The summed E-state index contributed by atoms with van der Waals surface area (Å²) in [6.45, 7) is 4.19. The molecule has 1 amide bonds. The highest BCUT2D eigenvalue weighted by Gasteiger charge is 2.41. The van der Waals surface area contributed by atoms with Crippen LogP contribution >= 0.6 is 11.3 Å². The first-order valence-corrected chi connectivity index (χ1v) is 11.4. The van der Waals surface area contributed by atoms with Crippen molar-refractivity contribution in [1.29, 1.82) is 0 Å². The van der Waals surface area contributed by atoms with Crippen LogP contribution in [0.3, 0.4) is 0 Å². The summed E-state index contributed by atoms with van der Waals surface area (Å²) in [5.74, 6) is 1.01. The standard InChI is InChI=1S/C22H27N3O3S/c26-21(25-12-3-17(4-13-25)28-16-1-8-23-9-2-16)20-15-18-19(29-20)5-14-27-22(18)6-10-24-11-7-22/h1-2,8-9,15,17,24H,3-7,10-14H2. The first-order chi connectivity index (χ1) is 14.2. The SMILES string of the molecule is O=C(c1cc2c(s1)CCOC21CCNCC1)N1CCC(Oc2ccncc2)CC1. The van der Waals surface area contributed by atoms with E-state index in [2.05, 4.69) is 16.4 Å². The second kappa shape index (κ2) is 8.05. The summed E-state index contributed by atoms with van der Waals surface area (Å²) >= 11 is 1.68. The number of thiophene rings is 1. The van der Waals surface area contributed by atoms with Gasteiger partial charge in [0, 0.05) is 49.6 Å². The first kappa shape index (κ1) is 19.0. The summed E-state index contributed by atoms with van der Waals surface area (Å²) in [6.07, 6.45) is 8.26. The van der Waals surface area contributed by atoms with Crippen molar-refractivity contribution in [3.8, 4) is 5.75 Å². The zero-order chi connectivity index (χ0) is 19.7. The summed E-state index contributed by atoms with van der Waals surface area (Å²) in [5.41, 5.74) is 1.09. The Morgan fingerprint density at radius 3 is 2.76 bits per heavy atom. The van der Waals surface area contributed by atoms with E-state index in [0.717, 1.165) is 75.5 Å². The minimum Gasteiger partial charge on any atom is -0.490 e. The number of hydrogen-bond acceptors (Lipinski definition) is 6. The van der Waals surface area contributed by atoms with Crippen molar-refractivity contribution in [2.24, 2.45) is 0 Å². The molecule has 3 aliphatic rings. The molecule has 5 heterocycles. The lowest BCUT2D eigenvalue weighted by Crippen LogP contribution is -2.44. The number of fused-ring (bicyclic) bond motifs is 2. The van der Waals surface area contributed by atoms with Gasteiger partial charge in [-0.25, -0.2) is 0 Å². The molecular weight excluding hydrogens is 386 g/mol. The normalized spacial score (nSPS) is 21.7. The molecule has 0 atom stereocenters. The topological polar surface area (TPSA) is 63.7 Å². The molecule has 2 fully saturated rings. The van der Waals surface area contributed by atoms with Crippen LogP contribution in [-0.4, -0.2) is 54.7 Å². The predicted molar refractivity (Wildman–Crippen MR) is 112 cm³/mol. The van der Waals surface area contributed by atoms with Crippen LogP contribution in [0.1, 0.15) is 45.8 Å². The summed E-state index contributed by atoms with van der Waals surface area (Å²) in [5, 5.41) is 3.42. The van der Waals surface area contributed by atoms with Crippen LogP contribution in [0, 0.1) is 0 Å². The van der Waals surface area contributed by atoms with Gasteiger partial charge < -0.3 is 19.7 Å². The van der Waals surface area contributed by atoms with Gasteiger partial charge in [0.2, 0.25) is 0 Å². The highest BCUT2D eigenvalue weighted by Crippen LogP contribution is 2.43. The van der Waals surface area contributed by atoms with Crippen molar-refractivity contribution in [2.75, 3.05) is 32.8 Å². The van der Waals surface area contributed by atoms with Crippen LogP contribution < -0.4 is 10.1 Å². The molecule has 2 aromatic rings. The summed E-state index contributed by atoms with van der Waals surface area (Å²) < 4.78 is 12.3. The average molecular weight is 414 g/mol. The number of carbonyl (C=O) groups is 1. The molecule has 0 saturated carbocycles. The molecule has 29 heavy (non-hydrogen) atoms. The fraction of sp³-hybridized carbons (Fsp3) is 0.545. The van der Waals surface area contributed by atoms with Crippen molar-refractivity contribution >= 4 is 17.2 Å². The van der Waals surface area contributed by atoms with Gasteiger partial charge in [-0.05, 0) is 49.7 Å².